The van der Waals surface area contributed by atoms with E-state index in [2.05, 4.69) is 0 Å². The van der Waals surface area contributed by atoms with Crippen molar-refractivity contribution in [2.24, 2.45) is 5.92 Å². The molecule has 0 saturated carbocycles. The Morgan fingerprint density at radius 3 is 2.61 bits per heavy atom. The summed E-state index contributed by atoms with van der Waals surface area (Å²) in [5, 5.41) is 9.00. The maximum Gasteiger partial charge on any atom is 0.345 e. The molecule has 1 aliphatic rings. The number of thiophene rings is 1. The number of carbonyl (C=O) groups excluding carboxylic acids is 2. The van der Waals surface area contributed by atoms with Crippen LogP contribution < -0.4 is 0 Å². The number of aromatic carboxylic acids is 1. The summed E-state index contributed by atoms with van der Waals surface area (Å²) >= 11 is 1.14. The van der Waals surface area contributed by atoms with Gasteiger partial charge in [0.1, 0.15) is 4.88 Å². The summed E-state index contributed by atoms with van der Waals surface area (Å²) in [5.41, 5.74) is 1.13. The van der Waals surface area contributed by atoms with Crippen LogP contribution in [0.15, 0.2) is 54.6 Å². The van der Waals surface area contributed by atoms with Gasteiger partial charge in [-0.3, -0.25) is 9.59 Å². The van der Waals surface area contributed by atoms with E-state index in [-0.39, 0.29) is 23.1 Å². The van der Waals surface area contributed by atoms with Gasteiger partial charge in [0.2, 0.25) is 0 Å². The van der Waals surface area contributed by atoms with E-state index in [1.807, 2.05) is 37.3 Å². The molecule has 2 heterocycles. The molecule has 33 heavy (non-hydrogen) atoms. The van der Waals surface area contributed by atoms with Crippen LogP contribution >= 0.6 is 11.3 Å². The number of halogens is 2. The Balaban J connectivity index is 1.55. The third-order valence-corrected chi connectivity index (χ3v) is 6.94. The summed E-state index contributed by atoms with van der Waals surface area (Å²) in [6.07, 6.45) is 4.42. The van der Waals surface area contributed by atoms with Crippen molar-refractivity contribution in [3.8, 4) is 0 Å². The van der Waals surface area contributed by atoms with E-state index in [1.165, 1.54) is 18.2 Å². The van der Waals surface area contributed by atoms with Gasteiger partial charge in [-0.15, -0.1) is 11.3 Å². The van der Waals surface area contributed by atoms with Gasteiger partial charge >= 0.3 is 11.9 Å². The summed E-state index contributed by atoms with van der Waals surface area (Å²) < 4.78 is 28.2. The molecule has 3 rings (SSSR count). The monoisotopic (exact) mass is 475 g/mol. The van der Waals surface area contributed by atoms with Gasteiger partial charge in [0.05, 0.1) is 6.04 Å². The molecule has 8 heteroatoms. The number of hydrogen-bond donors (Lipinski definition) is 1. The molecule has 1 aromatic heterocycles. The first kappa shape index (κ1) is 24.8. The lowest BCUT2D eigenvalue weighted by Crippen LogP contribution is -2.36. The fourth-order valence-corrected chi connectivity index (χ4v) is 4.74. The zero-order valence-corrected chi connectivity index (χ0v) is 19.2. The van der Waals surface area contributed by atoms with Crippen LogP contribution in [-0.2, 0) is 22.4 Å². The lowest BCUT2D eigenvalue weighted by molar-refractivity contribution is -0.148. The molecule has 0 unspecified atom stereocenters. The molecular weight excluding hydrogens is 448 g/mol. The van der Waals surface area contributed by atoms with Crippen molar-refractivity contribution in [3.05, 3.63) is 69.9 Å². The summed E-state index contributed by atoms with van der Waals surface area (Å²) in [4.78, 5) is 37.8. The largest absolute Gasteiger partial charge is 0.477 e. The minimum Gasteiger partial charge on any atom is -0.477 e. The first-order chi connectivity index (χ1) is 15.7. The van der Waals surface area contributed by atoms with E-state index < -0.39 is 30.3 Å². The number of allylic oxidation sites excluding steroid dienone is 1. The van der Waals surface area contributed by atoms with Crippen LogP contribution in [0.4, 0.5) is 8.78 Å². The second kappa shape index (κ2) is 10.8. The molecule has 1 fully saturated rings. The number of likely N-dealkylation sites (tertiary alicyclic amines) is 1. The molecule has 1 amide bonds. The first-order valence-electron chi connectivity index (χ1n) is 10.9. The molecule has 0 aliphatic carbocycles. The van der Waals surface area contributed by atoms with Gasteiger partial charge in [0, 0.05) is 23.8 Å². The van der Waals surface area contributed by atoms with Gasteiger partial charge in [-0.05, 0) is 49.5 Å². The quantitative estimate of drug-likeness (QED) is 0.464. The van der Waals surface area contributed by atoms with Crippen LogP contribution in [0.1, 0.15) is 46.3 Å². The topological polar surface area (TPSA) is 74.7 Å². The Kier molecular flexibility index (Phi) is 8.13. The Morgan fingerprint density at radius 2 is 1.94 bits per heavy atom. The predicted molar refractivity (Wildman–Crippen MR) is 123 cm³/mol. The Bertz CT molecular complexity index is 1020. The minimum absolute atomic E-state index is 0.113. The van der Waals surface area contributed by atoms with Crippen molar-refractivity contribution >= 4 is 29.0 Å². The molecule has 0 radical (unpaired) electrons. The van der Waals surface area contributed by atoms with Gasteiger partial charge in [0.25, 0.3) is 5.91 Å². The highest BCUT2D eigenvalue weighted by atomic mass is 32.1. The van der Waals surface area contributed by atoms with Crippen molar-refractivity contribution in [3.63, 3.8) is 0 Å². The zero-order chi connectivity index (χ0) is 24.0. The molecule has 0 bridgehead atoms. The summed E-state index contributed by atoms with van der Waals surface area (Å²) in [5.74, 6) is -6.08. The number of carboxylic acid groups (broad SMARTS) is 1. The third-order valence-electron chi connectivity index (χ3n) is 5.81. The molecule has 2 atom stereocenters. The van der Waals surface area contributed by atoms with Gasteiger partial charge in [-0.1, -0.05) is 43.3 Å². The lowest BCUT2D eigenvalue weighted by Gasteiger charge is -2.21. The number of ketones is 1. The average Bonchev–Trinajstić information content (AvgIpc) is 3.35. The summed E-state index contributed by atoms with van der Waals surface area (Å²) in [7, 11) is 0. The zero-order valence-electron chi connectivity index (χ0n) is 18.4. The van der Waals surface area contributed by atoms with E-state index in [9.17, 15) is 23.2 Å². The number of hydrogen-bond acceptors (Lipinski definition) is 4. The number of carboxylic acids is 1. The number of alkyl halides is 2. The van der Waals surface area contributed by atoms with Crippen molar-refractivity contribution in [2.75, 3.05) is 6.54 Å². The number of benzene rings is 1. The Morgan fingerprint density at radius 1 is 1.21 bits per heavy atom. The second-order valence-electron chi connectivity index (χ2n) is 8.34. The van der Waals surface area contributed by atoms with E-state index in [0.29, 0.717) is 19.3 Å². The maximum atomic E-state index is 14.1. The van der Waals surface area contributed by atoms with Crippen molar-refractivity contribution in [1.29, 1.82) is 0 Å². The highest BCUT2D eigenvalue weighted by molar-refractivity contribution is 7.13. The Labute approximate surface area is 195 Å². The standard InChI is InChI=1S/C25H27F2NO4S/c1-17(9-10-18-6-3-2-4-7-18)21(29)13-11-19-16-25(26,27)24(32)28(19)15-5-8-20-12-14-22(33-20)23(30)31/h2-4,6-7,11-14,17,19H,5,8-10,15-16H2,1H3,(H,30,31)/b13-11+/t17-,19-/m0/s1. The van der Waals surface area contributed by atoms with Crippen LogP contribution in [0.25, 0.3) is 0 Å². The van der Waals surface area contributed by atoms with E-state index in [4.69, 9.17) is 5.11 Å². The minimum atomic E-state index is -3.45. The predicted octanol–water partition coefficient (Wildman–Crippen LogP) is 5.01. The third kappa shape index (κ3) is 6.57. The molecule has 176 valence electrons. The van der Waals surface area contributed by atoms with E-state index in [0.717, 1.165) is 33.1 Å². The maximum absolute atomic E-state index is 14.1. The summed E-state index contributed by atoms with van der Waals surface area (Å²) in [6, 6.07) is 12.2. The first-order valence-corrected chi connectivity index (χ1v) is 11.8. The fraction of sp³-hybridized carbons (Fsp3) is 0.400. The second-order valence-corrected chi connectivity index (χ2v) is 9.50. The molecule has 2 aromatic rings. The molecule has 0 spiro atoms. The average molecular weight is 476 g/mol. The molecule has 5 nitrogen and oxygen atoms in total. The van der Waals surface area contributed by atoms with Crippen LogP contribution in [-0.4, -0.2) is 46.2 Å². The van der Waals surface area contributed by atoms with Crippen molar-refractivity contribution in [1.82, 2.24) is 4.90 Å². The normalized spacial score (nSPS) is 18.7. The number of nitrogens with zero attached hydrogens (tertiary/aromatic N) is 1. The lowest BCUT2D eigenvalue weighted by atomic mass is 9.96. The SMILES string of the molecule is C[C@@H](CCc1ccccc1)C(=O)/C=C/[C@H]1CC(F)(F)C(=O)N1CCCc1ccc(C(=O)O)s1. The van der Waals surface area contributed by atoms with Gasteiger partial charge in [0.15, 0.2) is 5.78 Å². The molecule has 1 N–H and O–H groups in total. The molecule has 1 saturated heterocycles. The fourth-order valence-electron chi connectivity index (χ4n) is 3.85. The van der Waals surface area contributed by atoms with Crippen LogP contribution in [0.5, 0.6) is 0 Å². The van der Waals surface area contributed by atoms with Crippen LogP contribution in [0, 0.1) is 5.92 Å². The summed E-state index contributed by atoms with van der Waals surface area (Å²) in [6.45, 7) is 1.93. The molecule has 1 aromatic carbocycles. The van der Waals surface area contributed by atoms with Gasteiger partial charge in [-0.25, -0.2) is 4.79 Å². The number of rotatable bonds is 11. The number of amides is 1. The van der Waals surface area contributed by atoms with Crippen molar-refractivity contribution < 1.29 is 28.3 Å². The van der Waals surface area contributed by atoms with E-state index in [1.54, 1.807) is 6.07 Å². The van der Waals surface area contributed by atoms with E-state index >= 15 is 0 Å². The van der Waals surface area contributed by atoms with Crippen LogP contribution in [0.3, 0.4) is 0 Å². The van der Waals surface area contributed by atoms with Crippen molar-refractivity contribution in [2.45, 2.75) is 51.0 Å². The van der Waals surface area contributed by atoms with Gasteiger partial charge in [-0.2, -0.15) is 8.78 Å². The highest BCUT2D eigenvalue weighted by Gasteiger charge is 2.52. The Hall–Kier alpha value is -2.87. The molecular formula is C25H27F2NO4S. The van der Waals surface area contributed by atoms with Crippen LogP contribution in [0.2, 0.25) is 0 Å². The van der Waals surface area contributed by atoms with Gasteiger partial charge < -0.3 is 10.0 Å². The number of carbonyl (C=O) groups is 3. The smallest absolute Gasteiger partial charge is 0.345 e. The highest BCUT2D eigenvalue weighted by Crippen LogP contribution is 2.34. The molecule has 1 aliphatic heterocycles. The number of aryl methyl sites for hydroxylation is 2.